The van der Waals surface area contributed by atoms with Gasteiger partial charge in [-0.1, -0.05) is 98.6 Å². The van der Waals surface area contributed by atoms with E-state index in [0.717, 1.165) is 18.5 Å². The van der Waals surface area contributed by atoms with Crippen LogP contribution in [0.15, 0.2) is 66.7 Å². The molecule has 3 atom stereocenters. The monoisotopic (exact) mass is 824 g/mol. The third-order valence-corrected chi connectivity index (χ3v) is 17.2. The summed E-state index contributed by atoms with van der Waals surface area (Å²) in [5.41, 5.74) is 8.06. The molecule has 0 heterocycles. The molecule has 9 nitrogen and oxygen atoms in total. The quantitative estimate of drug-likeness (QED) is 0.0759. The summed E-state index contributed by atoms with van der Waals surface area (Å²) in [6, 6.07) is 22.6. The molecule has 0 saturated heterocycles. The molecule has 0 aliphatic heterocycles. The third-order valence-electron chi connectivity index (χ3n) is 9.33. The molecule has 3 rings (SSSR count). The first-order valence-corrected chi connectivity index (χ1v) is 24.5. The molecule has 0 bridgehead atoms. The Morgan fingerprint density at radius 2 is 1.06 bits per heavy atom. The summed E-state index contributed by atoms with van der Waals surface area (Å²) in [5, 5.41) is 22.6. The maximum absolute atomic E-state index is 11.0. The number of benzene rings is 3. The van der Waals surface area contributed by atoms with Crippen LogP contribution >= 0.6 is 23.2 Å². The average Bonchev–Trinajstić information content (AvgIpc) is 3.16. The van der Waals surface area contributed by atoms with Gasteiger partial charge in [-0.05, 0) is 90.6 Å². The molecule has 0 saturated carbocycles. The van der Waals surface area contributed by atoms with Gasteiger partial charge >= 0.3 is 17.4 Å². The zero-order chi connectivity index (χ0) is 40.1. The van der Waals surface area contributed by atoms with Crippen LogP contribution in [-0.2, 0) is 28.2 Å². The predicted octanol–water partition coefficient (Wildman–Crippen LogP) is 10.3. The van der Waals surface area contributed by atoms with Gasteiger partial charge in [0, 0.05) is 62.3 Å². The van der Waals surface area contributed by atoms with Crippen molar-refractivity contribution in [2.75, 3.05) is 39.6 Å². The molecule has 0 amide bonds. The number of hydrogen-bond acceptors (Lipinski definition) is 9. The lowest BCUT2D eigenvalue weighted by Crippen LogP contribution is -2.63. The van der Waals surface area contributed by atoms with E-state index in [1.807, 2.05) is 65.0 Å². The van der Waals surface area contributed by atoms with Crippen molar-refractivity contribution in [1.29, 1.82) is 0 Å². The van der Waals surface area contributed by atoms with Gasteiger partial charge in [0.1, 0.15) is 11.5 Å². The summed E-state index contributed by atoms with van der Waals surface area (Å²) < 4.78 is 31.2. The SMILES string of the molecule is CCO[Si](CCCN)(Cc1ccccc1)OCC.CCO[Si](OCC)(OCC)C(CC)N(C(CC)c1cccc(Cl)c1O)C(CC)c1cccc(Cl)c1O. The number of para-hydroxylation sites is 2. The number of halogens is 2. The Morgan fingerprint density at radius 3 is 1.43 bits per heavy atom. The van der Waals surface area contributed by atoms with E-state index in [1.54, 1.807) is 12.1 Å². The average molecular weight is 826 g/mol. The Hall–Kier alpha value is -2.01. The molecule has 0 radical (unpaired) electrons. The molecular formula is C41H66Cl2N2O7Si2. The predicted molar refractivity (Wildman–Crippen MR) is 226 cm³/mol. The van der Waals surface area contributed by atoms with Crippen LogP contribution in [0, 0.1) is 0 Å². The number of hydrogen-bond donors (Lipinski definition) is 3. The van der Waals surface area contributed by atoms with E-state index >= 15 is 0 Å². The Labute approximate surface area is 337 Å². The van der Waals surface area contributed by atoms with Crippen molar-refractivity contribution in [3.63, 3.8) is 0 Å². The van der Waals surface area contributed by atoms with Gasteiger partial charge in [0.15, 0.2) is 0 Å². The fourth-order valence-corrected chi connectivity index (χ4v) is 14.3. The third kappa shape index (κ3) is 13.0. The van der Waals surface area contributed by atoms with Gasteiger partial charge in [-0.25, -0.2) is 0 Å². The summed E-state index contributed by atoms with van der Waals surface area (Å²) in [7, 11) is -5.41. The highest BCUT2D eigenvalue weighted by atomic mass is 35.5. The van der Waals surface area contributed by atoms with Crippen LogP contribution in [0.25, 0.3) is 0 Å². The van der Waals surface area contributed by atoms with E-state index in [2.05, 4.69) is 49.9 Å². The Balaban J connectivity index is 0.000000469. The minimum absolute atomic E-state index is 0.0486. The molecular weight excluding hydrogens is 760 g/mol. The Bertz CT molecular complexity index is 1390. The van der Waals surface area contributed by atoms with Gasteiger partial charge in [-0.3, -0.25) is 4.90 Å². The van der Waals surface area contributed by atoms with Crippen molar-refractivity contribution < 1.29 is 32.3 Å². The second-order valence-electron chi connectivity index (χ2n) is 12.8. The number of phenolic OH excluding ortho intramolecular Hbond substituents is 2. The van der Waals surface area contributed by atoms with Gasteiger partial charge in [-0.2, -0.15) is 0 Å². The standard InChI is InChI=1S/C27H41Cl2NO5Si.C14H25NO2Si/c1-7-23(19-15-13-17-21(28)26(19)31)30(24(8-2)20-16-14-18-22(29)27(20)32)25(9-3)36(33-10-4,34-11-5)35-12-6;1-3-16-18(17-4-2,12-8-11-15)13-14-9-6-5-7-10-14/h13-18,23-25,31-32H,7-12H2,1-6H3;5-7,9-10H,3-4,8,11-13,15H2,1-2H3. The number of nitrogens with zero attached hydrogens (tertiary/aromatic N) is 1. The highest BCUT2D eigenvalue weighted by Gasteiger charge is 2.54. The first-order valence-electron chi connectivity index (χ1n) is 19.7. The second kappa shape index (κ2) is 25.3. The lowest BCUT2D eigenvalue weighted by Gasteiger charge is -2.48. The van der Waals surface area contributed by atoms with Crippen LogP contribution in [0.1, 0.15) is 110 Å². The van der Waals surface area contributed by atoms with E-state index in [1.165, 1.54) is 5.56 Å². The summed E-state index contributed by atoms with van der Waals surface area (Å²) >= 11 is 12.7. The smallest absolute Gasteiger partial charge is 0.506 e. The van der Waals surface area contributed by atoms with Gasteiger partial charge in [-0.15, -0.1) is 0 Å². The molecule has 304 valence electrons. The summed E-state index contributed by atoms with van der Waals surface area (Å²) in [5.74, 6) is 0.0973. The highest BCUT2D eigenvalue weighted by Crippen LogP contribution is 2.46. The van der Waals surface area contributed by atoms with Crippen molar-refractivity contribution >= 4 is 40.6 Å². The lowest BCUT2D eigenvalue weighted by atomic mass is 9.94. The number of phenols is 2. The van der Waals surface area contributed by atoms with Gasteiger partial charge in [0.2, 0.25) is 0 Å². The molecule has 0 aromatic heterocycles. The van der Waals surface area contributed by atoms with Crippen LogP contribution in [0.4, 0.5) is 0 Å². The lowest BCUT2D eigenvalue weighted by molar-refractivity contribution is 0.00356. The van der Waals surface area contributed by atoms with Crippen molar-refractivity contribution in [1.82, 2.24) is 4.90 Å². The Kier molecular flexibility index (Phi) is 22.5. The number of nitrogens with two attached hydrogens (primary N) is 1. The largest absolute Gasteiger partial charge is 0.519 e. The molecule has 54 heavy (non-hydrogen) atoms. The van der Waals surface area contributed by atoms with E-state index in [9.17, 15) is 10.2 Å². The molecule has 0 aliphatic carbocycles. The first-order chi connectivity index (χ1) is 26.0. The van der Waals surface area contributed by atoms with Crippen LogP contribution in [0.3, 0.4) is 0 Å². The maximum atomic E-state index is 11.0. The Morgan fingerprint density at radius 1 is 0.611 bits per heavy atom. The van der Waals surface area contributed by atoms with E-state index < -0.39 is 17.4 Å². The molecule has 3 aromatic rings. The summed E-state index contributed by atoms with van der Waals surface area (Å²) in [6.07, 6.45) is 2.97. The summed E-state index contributed by atoms with van der Waals surface area (Å²) in [4.78, 5) is 2.30. The molecule has 13 heteroatoms. The fourth-order valence-electron chi connectivity index (χ4n) is 7.28. The highest BCUT2D eigenvalue weighted by molar-refractivity contribution is 6.67. The van der Waals surface area contributed by atoms with Crippen LogP contribution in [0.5, 0.6) is 11.5 Å². The van der Waals surface area contributed by atoms with Gasteiger partial charge < -0.3 is 38.1 Å². The molecule has 0 fully saturated rings. The van der Waals surface area contributed by atoms with Crippen molar-refractivity contribution in [3.05, 3.63) is 93.5 Å². The van der Waals surface area contributed by atoms with Gasteiger partial charge in [0.05, 0.1) is 15.7 Å². The molecule has 3 unspecified atom stereocenters. The fraction of sp³-hybridized carbons (Fsp3) is 0.561. The molecule has 0 spiro atoms. The zero-order valence-electron chi connectivity index (χ0n) is 33.8. The van der Waals surface area contributed by atoms with E-state index in [4.69, 9.17) is 51.1 Å². The first kappa shape index (κ1) is 48.1. The molecule has 0 aliphatic rings. The molecule has 3 aromatic carbocycles. The number of aromatic hydroxyl groups is 2. The number of rotatable bonds is 24. The van der Waals surface area contributed by atoms with Gasteiger partial charge in [0.25, 0.3) is 0 Å². The van der Waals surface area contributed by atoms with Crippen LogP contribution < -0.4 is 5.73 Å². The van der Waals surface area contributed by atoms with Crippen LogP contribution in [0.2, 0.25) is 16.1 Å². The zero-order valence-corrected chi connectivity index (χ0v) is 37.3. The van der Waals surface area contributed by atoms with E-state index in [0.29, 0.717) is 80.0 Å². The van der Waals surface area contributed by atoms with E-state index in [-0.39, 0.29) is 29.2 Å². The maximum Gasteiger partial charge on any atom is 0.519 e. The topological polar surface area (TPSA) is 116 Å². The molecule has 4 N–H and O–H groups in total. The van der Waals surface area contributed by atoms with Crippen molar-refractivity contribution in [2.24, 2.45) is 5.73 Å². The second-order valence-corrected chi connectivity index (χ2v) is 19.6. The van der Waals surface area contributed by atoms with Crippen molar-refractivity contribution in [3.8, 4) is 11.5 Å². The minimum Gasteiger partial charge on any atom is -0.506 e. The summed E-state index contributed by atoms with van der Waals surface area (Å²) in [6.45, 7) is 19.6. The van der Waals surface area contributed by atoms with Crippen molar-refractivity contribution in [2.45, 2.75) is 111 Å². The minimum atomic E-state index is -3.28. The normalized spacial score (nSPS) is 13.7. The van der Waals surface area contributed by atoms with Crippen LogP contribution in [-0.4, -0.2) is 77.7 Å².